The second kappa shape index (κ2) is 12.0. The highest BCUT2D eigenvalue weighted by molar-refractivity contribution is 7.89. The molecule has 3 heterocycles. The number of aryl methyl sites for hydroxylation is 1. The number of hydrogen-bond donors (Lipinski definition) is 0. The Morgan fingerprint density at radius 2 is 1.55 bits per heavy atom. The van der Waals surface area contributed by atoms with E-state index in [2.05, 4.69) is 10.00 Å². The van der Waals surface area contributed by atoms with E-state index in [1.165, 1.54) is 15.2 Å². The second-order valence-corrected chi connectivity index (χ2v) is 10.8. The van der Waals surface area contributed by atoms with E-state index < -0.39 is 22.0 Å². The number of piperazine rings is 2. The van der Waals surface area contributed by atoms with E-state index in [0.29, 0.717) is 39.3 Å². The lowest BCUT2D eigenvalue weighted by Gasteiger charge is -2.36. The monoisotopic (exact) mass is 548 g/mol. The summed E-state index contributed by atoms with van der Waals surface area (Å²) >= 11 is 0. The molecule has 12 nitrogen and oxygen atoms in total. The molecule has 2 aliphatic heterocycles. The molecule has 13 heteroatoms. The maximum Gasteiger partial charge on any atom is 0.409 e. The van der Waals surface area contributed by atoms with E-state index in [9.17, 15) is 18.0 Å². The maximum absolute atomic E-state index is 13.7. The Morgan fingerprint density at radius 1 is 0.895 bits per heavy atom. The minimum Gasteiger partial charge on any atom is -0.492 e. The molecule has 0 N–H and O–H groups in total. The van der Waals surface area contributed by atoms with Gasteiger partial charge in [0.2, 0.25) is 5.03 Å². The van der Waals surface area contributed by atoms with Crippen LogP contribution in [-0.2, 0) is 21.3 Å². The number of aromatic nitrogens is 2. The summed E-state index contributed by atoms with van der Waals surface area (Å²) in [4.78, 5) is 30.7. The van der Waals surface area contributed by atoms with Gasteiger partial charge in [0.1, 0.15) is 5.75 Å². The molecule has 0 atom stereocenters. The van der Waals surface area contributed by atoms with Gasteiger partial charge in [-0.15, -0.1) is 0 Å². The summed E-state index contributed by atoms with van der Waals surface area (Å²) in [6.45, 7) is 9.44. The molecule has 0 radical (unpaired) electrons. The topological polar surface area (TPSA) is 118 Å². The number of nitrogens with zero attached hydrogens (tertiary/aromatic N) is 6. The van der Waals surface area contributed by atoms with E-state index in [1.807, 2.05) is 38.1 Å². The summed E-state index contributed by atoms with van der Waals surface area (Å²) in [6, 6.07) is 7.72. The fourth-order valence-corrected chi connectivity index (χ4v) is 6.18. The molecule has 2 fully saturated rings. The number of ether oxygens (including phenoxy) is 2. The fraction of sp³-hybridized carbons (Fsp3) is 0.560. The van der Waals surface area contributed by atoms with E-state index in [-0.39, 0.29) is 43.4 Å². The normalized spacial score (nSPS) is 17.0. The first-order chi connectivity index (χ1) is 18.3. The van der Waals surface area contributed by atoms with Crippen molar-refractivity contribution in [1.82, 2.24) is 23.9 Å². The van der Waals surface area contributed by atoms with Crippen LogP contribution in [0.4, 0.5) is 10.5 Å². The molecule has 1 aromatic heterocycles. The van der Waals surface area contributed by atoms with Gasteiger partial charge in [0.15, 0.2) is 0 Å². The number of benzene rings is 1. The molecule has 1 aromatic carbocycles. The molecule has 0 saturated carbocycles. The van der Waals surface area contributed by atoms with Gasteiger partial charge in [-0.1, -0.05) is 12.1 Å². The van der Waals surface area contributed by atoms with Crippen LogP contribution in [0.5, 0.6) is 5.75 Å². The zero-order valence-electron chi connectivity index (χ0n) is 22.2. The lowest BCUT2D eigenvalue weighted by Crippen LogP contribution is -2.51. The third-order valence-corrected chi connectivity index (χ3v) is 8.54. The quantitative estimate of drug-likeness (QED) is 0.490. The molecule has 0 aliphatic carbocycles. The molecule has 2 aromatic rings. The SMILES string of the molecule is CCOC(=O)N1CCN(C(=O)c2cn(CC)nc2S(=O)(=O)N2CCN(c3ccccc3OCC)CC2)CC1. The van der Waals surface area contributed by atoms with Crippen LogP contribution in [0, 0.1) is 0 Å². The minimum atomic E-state index is -4.01. The number of amides is 2. The van der Waals surface area contributed by atoms with Crippen molar-refractivity contribution in [1.29, 1.82) is 0 Å². The molecule has 2 amide bonds. The van der Waals surface area contributed by atoms with E-state index in [4.69, 9.17) is 9.47 Å². The van der Waals surface area contributed by atoms with Gasteiger partial charge in [0.05, 0.1) is 24.5 Å². The highest BCUT2D eigenvalue weighted by Crippen LogP contribution is 2.30. The molecule has 4 rings (SSSR count). The van der Waals surface area contributed by atoms with Gasteiger partial charge in [-0.3, -0.25) is 9.48 Å². The highest BCUT2D eigenvalue weighted by Gasteiger charge is 2.37. The molecular formula is C25H36N6O6S. The van der Waals surface area contributed by atoms with Gasteiger partial charge in [-0.05, 0) is 32.9 Å². The predicted octanol–water partition coefficient (Wildman–Crippen LogP) is 1.73. The number of para-hydroxylation sites is 2. The number of carbonyl (C=O) groups excluding carboxylic acids is 2. The summed E-state index contributed by atoms with van der Waals surface area (Å²) in [5, 5.41) is 4.07. The van der Waals surface area contributed by atoms with E-state index in [1.54, 1.807) is 16.7 Å². The van der Waals surface area contributed by atoms with Crippen molar-refractivity contribution in [3.8, 4) is 5.75 Å². The van der Waals surface area contributed by atoms with Crippen LogP contribution in [0.3, 0.4) is 0 Å². The van der Waals surface area contributed by atoms with Crippen LogP contribution >= 0.6 is 0 Å². The number of hydrogen-bond acceptors (Lipinski definition) is 8. The van der Waals surface area contributed by atoms with Gasteiger partial charge >= 0.3 is 6.09 Å². The Morgan fingerprint density at radius 3 is 2.18 bits per heavy atom. The average Bonchev–Trinajstić information content (AvgIpc) is 3.39. The highest BCUT2D eigenvalue weighted by atomic mass is 32.2. The Bertz CT molecular complexity index is 1230. The number of anilines is 1. The molecule has 208 valence electrons. The lowest BCUT2D eigenvalue weighted by atomic mass is 10.2. The molecular weight excluding hydrogens is 512 g/mol. The zero-order valence-corrected chi connectivity index (χ0v) is 23.0. The maximum atomic E-state index is 13.7. The van der Waals surface area contributed by atoms with Crippen LogP contribution in [0.1, 0.15) is 31.1 Å². The minimum absolute atomic E-state index is 0.0561. The molecule has 38 heavy (non-hydrogen) atoms. The Labute approximate surface area is 223 Å². The number of rotatable bonds is 8. The summed E-state index contributed by atoms with van der Waals surface area (Å²) in [7, 11) is -4.01. The van der Waals surface area contributed by atoms with Crippen molar-refractivity contribution in [3.05, 3.63) is 36.0 Å². The number of carbonyl (C=O) groups is 2. The van der Waals surface area contributed by atoms with Gasteiger partial charge < -0.3 is 24.2 Å². The first-order valence-corrected chi connectivity index (χ1v) is 14.5. The summed E-state index contributed by atoms with van der Waals surface area (Å²) in [5.74, 6) is 0.361. The Hall–Kier alpha value is -3.32. The number of sulfonamides is 1. The Balaban J connectivity index is 1.48. The standard InChI is InChI=1S/C25H36N6O6S/c1-4-30-19-20(24(32)28-11-13-29(14-12-28)25(33)37-6-3)23(26-30)38(34,35)31-17-15-27(16-18-31)21-9-7-8-10-22(21)36-5-2/h7-10,19H,4-6,11-18H2,1-3H3. The van der Waals surface area contributed by atoms with Crippen molar-refractivity contribution in [2.24, 2.45) is 0 Å². The van der Waals surface area contributed by atoms with Crippen molar-refractivity contribution in [2.75, 3.05) is 70.5 Å². The van der Waals surface area contributed by atoms with Crippen LogP contribution in [-0.4, -0.2) is 110 Å². The largest absolute Gasteiger partial charge is 0.492 e. The third kappa shape index (κ3) is 5.73. The Kier molecular flexibility index (Phi) is 8.77. The van der Waals surface area contributed by atoms with E-state index in [0.717, 1.165) is 11.4 Å². The van der Waals surface area contributed by atoms with Crippen LogP contribution in [0.15, 0.2) is 35.5 Å². The van der Waals surface area contributed by atoms with Crippen molar-refractivity contribution < 1.29 is 27.5 Å². The molecule has 0 unspecified atom stereocenters. The zero-order chi connectivity index (χ0) is 27.3. The second-order valence-electron chi connectivity index (χ2n) is 8.97. The van der Waals surface area contributed by atoms with Crippen LogP contribution in [0.2, 0.25) is 0 Å². The summed E-state index contributed by atoms with van der Waals surface area (Å²) in [5.41, 5.74) is 0.986. The predicted molar refractivity (Wildman–Crippen MR) is 141 cm³/mol. The average molecular weight is 549 g/mol. The fourth-order valence-electron chi connectivity index (χ4n) is 4.67. The molecule has 2 saturated heterocycles. The molecule has 0 spiro atoms. The smallest absolute Gasteiger partial charge is 0.409 e. The first kappa shape index (κ1) is 27.7. The molecule has 0 bridgehead atoms. The third-order valence-electron chi connectivity index (χ3n) is 6.70. The summed E-state index contributed by atoms with van der Waals surface area (Å²) in [6.07, 6.45) is 1.09. The van der Waals surface area contributed by atoms with Crippen LogP contribution < -0.4 is 9.64 Å². The van der Waals surface area contributed by atoms with Gasteiger partial charge in [-0.2, -0.15) is 9.40 Å². The van der Waals surface area contributed by atoms with Crippen molar-refractivity contribution in [3.63, 3.8) is 0 Å². The molecule has 2 aliphatic rings. The van der Waals surface area contributed by atoms with E-state index >= 15 is 0 Å². The summed E-state index contributed by atoms with van der Waals surface area (Å²) < 4.78 is 41.1. The van der Waals surface area contributed by atoms with Crippen LogP contribution in [0.25, 0.3) is 0 Å². The first-order valence-electron chi connectivity index (χ1n) is 13.0. The van der Waals surface area contributed by atoms with Gasteiger partial charge in [0, 0.05) is 65.1 Å². The van der Waals surface area contributed by atoms with Gasteiger partial charge in [0.25, 0.3) is 15.9 Å². The van der Waals surface area contributed by atoms with Crippen molar-refractivity contribution in [2.45, 2.75) is 32.3 Å². The van der Waals surface area contributed by atoms with Crippen molar-refractivity contribution >= 4 is 27.7 Å². The lowest BCUT2D eigenvalue weighted by molar-refractivity contribution is 0.0567. The van der Waals surface area contributed by atoms with Gasteiger partial charge in [-0.25, -0.2) is 13.2 Å².